The van der Waals surface area contributed by atoms with Crippen molar-refractivity contribution in [3.05, 3.63) is 52.5 Å². The first-order valence-corrected chi connectivity index (χ1v) is 9.14. The second-order valence-corrected chi connectivity index (χ2v) is 7.29. The molecule has 1 aliphatic heterocycles. The second kappa shape index (κ2) is 6.74. The van der Waals surface area contributed by atoms with Crippen LogP contribution in [0.5, 0.6) is 0 Å². The summed E-state index contributed by atoms with van der Waals surface area (Å²) in [6.07, 6.45) is 6.24. The van der Waals surface area contributed by atoms with Crippen LogP contribution >= 0.6 is 15.9 Å². The van der Waals surface area contributed by atoms with E-state index in [4.69, 9.17) is 0 Å². The number of imidazole rings is 1. The van der Waals surface area contributed by atoms with Crippen LogP contribution in [-0.2, 0) is 6.54 Å². The quantitative estimate of drug-likeness (QED) is 0.702. The summed E-state index contributed by atoms with van der Waals surface area (Å²) in [5.41, 5.74) is 4.03. The van der Waals surface area contributed by atoms with Gasteiger partial charge in [-0.3, -0.25) is 9.30 Å². The maximum absolute atomic E-state index is 9.71. The number of nitrogens with zero attached hydrogens (tertiary/aromatic N) is 4. The molecule has 25 heavy (non-hydrogen) atoms. The fraction of sp³-hybridized carbons (Fsp3) is 0.333. The second-order valence-electron chi connectivity index (χ2n) is 6.43. The predicted molar refractivity (Wildman–Crippen MR) is 101 cm³/mol. The highest BCUT2D eigenvalue weighted by Gasteiger charge is 2.21. The smallest absolute Gasteiger partial charge is 0.180 e. The summed E-state index contributed by atoms with van der Waals surface area (Å²) in [5, 5.41) is 13.1. The largest absolute Gasteiger partial charge is 0.392 e. The van der Waals surface area contributed by atoms with Gasteiger partial charge >= 0.3 is 0 Å². The van der Waals surface area contributed by atoms with Crippen LogP contribution in [0.4, 0.5) is 11.5 Å². The van der Waals surface area contributed by atoms with Crippen molar-refractivity contribution in [1.82, 2.24) is 19.3 Å². The zero-order valence-electron chi connectivity index (χ0n) is 14.0. The van der Waals surface area contributed by atoms with Gasteiger partial charge in [0.05, 0.1) is 18.0 Å². The predicted octanol–water partition coefficient (Wildman–Crippen LogP) is 3.11. The molecule has 0 amide bonds. The molecule has 7 heteroatoms. The Morgan fingerprint density at radius 1 is 1.36 bits per heavy atom. The average Bonchev–Trinajstić information content (AvgIpc) is 3.19. The molecule has 1 saturated heterocycles. The van der Waals surface area contributed by atoms with Gasteiger partial charge < -0.3 is 10.4 Å². The van der Waals surface area contributed by atoms with Crippen molar-refractivity contribution in [3.8, 4) is 0 Å². The van der Waals surface area contributed by atoms with Gasteiger partial charge in [0.15, 0.2) is 11.5 Å². The lowest BCUT2D eigenvalue weighted by Gasteiger charge is -2.15. The third-order valence-electron chi connectivity index (χ3n) is 4.66. The Hall–Kier alpha value is -1.96. The van der Waals surface area contributed by atoms with Gasteiger partial charge in [-0.15, -0.1) is 0 Å². The minimum absolute atomic E-state index is 0.211. The van der Waals surface area contributed by atoms with E-state index in [9.17, 15) is 5.11 Å². The summed E-state index contributed by atoms with van der Waals surface area (Å²) < 4.78 is 3.12. The van der Waals surface area contributed by atoms with Gasteiger partial charge in [0.25, 0.3) is 0 Å². The van der Waals surface area contributed by atoms with Gasteiger partial charge in [-0.1, -0.05) is 22.0 Å². The molecule has 0 aliphatic carbocycles. The minimum atomic E-state index is -0.211. The van der Waals surface area contributed by atoms with E-state index in [1.54, 1.807) is 6.20 Å². The summed E-state index contributed by atoms with van der Waals surface area (Å²) in [4.78, 5) is 11.3. The van der Waals surface area contributed by atoms with Gasteiger partial charge in [0, 0.05) is 42.2 Å². The molecule has 2 N–H and O–H groups in total. The Morgan fingerprint density at radius 2 is 2.24 bits per heavy atom. The first kappa shape index (κ1) is 16.5. The van der Waals surface area contributed by atoms with Crippen LogP contribution in [0.1, 0.15) is 17.7 Å². The van der Waals surface area contributed by atoms with E-state index in [0.29, 0.717) is 0 Å². The van der Waals surface area contributed by atoms with E-state index in [-0.39, 0.29) is 6.10 Å². The zero-order chi connectivity index (χ0) is 17.4. The molecule has 0 radical (unpaired) electrons. The molecule has 6 nitrogen and oxygen atoms in total. The van der Waals surface area contributed by atoms with Gasteiger partial charge in [-0.2, -0.15) is 0 Å². The number of likely N-dealkylation sites (tertiary alicyclic amines) is 1. The molecule has 3 heterocycles. The van der Waals surface area contributed by atoms with Crippen molar-refractivity contribution in [3.63, 3.8) is 0 Å². The Kier molecular flexibility index (Phi) is 4.45. The first-order chi connectivity index (χ1) is 12.1. The van der Waals surface area contributed by atoms with Crippen molar-refractivity contribution in [2.75, 3.05) is 18.4 Å². The number of hydrogen-bond acceptors (Lipinski definition) is 5. The Labute approximate surface area is 154 Å². The number of halogens is 1. The SMILES string of the molecule is Cc1c(Br)cccc1Nc1nccn2c(CN3CCC(O)C3)cnc12. The fourth-order valence-electron chi connectivity index (χ4n) is 3.23. The molecule has 130 valence electrons. The number of β-amino-alcohol motifs (C(OH)–C–C–N with tert-alkyl or cyclic N) is 1. The van der Waals surface area contributed by atoms with Crippen molar-refractivity contribution in [1.29, 1.82) is 0 Å². The number of hydrogen-bond donors (Lipinski definition) is 2. The molecule has 1 atom stereocenters. The molecule has 0 bridgehead atoms. The number of fused-ring (bicyclic) bond motifs is 1. The van der Waals surface area contributed by atoms with Gasteiger partial charge in [0.1, 0.15) is 0 Å². The van der Waals surface area contributed by atoms with Crippen LogP contribution in [0.2, 0.25) is 0 Å². The van der Waals surface area contributed by atoms with Crippen molar-refractivity contribution >= 4 is 33.1 Å². The number of aliphatic hydroxyl groups is 1. The molecule has 1 fully saturated rings. The molecule has 0 spiro atoms. The number of benzene rings is 1. The fourth-order valence-corrected chi connectivity index (χ4v) is 3.60. The van der Waals surface area contributed by atoms with Gasteiger partial charge in [-0.25, -0.2) is 9.97 Å². The van der Waals surface area contributed by atoms with Crippen molar-refractivity contribution < 1.29 is 5.11 Å². The molecule has 1 aliphatic rings. The van der Waals surface area contributed by atoms with E-state index in [1.807, 2.05) is 30.6 Å². The number of anilines is 2. The Balaban J connectivity index is 1.63. The zero-order valence-corrected chi connectivity index (χ0v) is 15.6. The number of rotatable bonds is 4. The average molecular weight is 402 g/mol. The van der Waals surface area contributed by atoms with Crippen LogP contribution in [0.15, 0.2) is 41.3 Å². The van der Waals surface area contributed by atoms with Crippen LogP contribution in [-0.4, -0.2) is 43.6 Å². The molecule has 2 aromatic heterocycles. The van der Waals surface area contributed by atoms with Crippen LogP contribution in [0.25, 0.3) is 5.65 Å². The summed E-state index contributed by atoms with van der Waals surface area (Å²) >= 11 is 3.56. The number of nitrogens with one attached hydrogen (secondary N) is 1. The molecular formula is C18H20BrN5O. The molecule has 4 rings (SSSR count). The molecule has 1 aromatic carbocycles. The monoisotopic (exact) mass is 401 g/mol. The third-order valence-corrected chi connectivity index (χ3v) is 5.52. The highest BCUT2D eigenvalue weighted by molar-refractivity contribution is 9.10. The lowest BCUT2D eigenvalue weighted by atomic mass is 10.2. The third kappa shape index (κ3) is 3.27. The first-order valence-electron chi connectivity index (χ1n) is 8.35. The number of aromatic nitrogens is 3. The highest BCUT2D eigenvalue weighted by Crippen LogP contribution is 2.27. The number of aliphatic hydroxyl groups excluding tert-OH is 1. The van der Waals surface area contributed by atoms with Crippen molar-refractivity contribution in [2.24, 2.45) is 0 Å². The maximum Gasteiger partial charge on any atom is 0.180 e. The topological polar surface area (TPSA) is 65.7 Å². The van der Waals surface area contributed by atoms with E-state index >= 15 is 0 Å². The van der Waals surface area contributed by atoms with Crippen LogP contribution in [0, 0.1) is 6.92 Å². The summed E-state index contributed by atoms with van der Waals surface area (Å²) in [6.45, 7) is 4.47. The van der Waals surface area contributed by atoms with Crippen molar-refractivity contribution in [2.45, 2.75) is 26.0 Å². The maximum atomic E-state index is 9.71. The van der Waals surface area contributed by atoms with Crippen LogP contribution in [0.3, 0.4) is 0 Å². The Bertz CT molecular complexity index is 910. The molecular weight excluding hydrogens is 382 g/mol. The van der Waals surface area contributed by atoms with E-state index in [0.717, 1.165) is 58.9 Å². The van der Waals surface area contributed by atoms with Crippen LogP contribution < -0.4 is 5.32 Å². The molecule has 0 saturated carbocycles. The normalized spacial score (nSPS) is 18.1. The summed E-state index contributed by atoms with van der Waals surface area (Å²) in [5.74, 6) is 0.733. The van der Waals surface area contributed by atoms with E-state index in [1.165, 1.54) is 0 Å². The Morgan fingerprint density at radius 3 is 3.04 bits per heavy atom. The highest BCUT2D eigenvalue weighted by atomic mass is 79.9. The van der Waals surface area contributed by atoms with E-state index < -0.39 is 0 Å². The standard InChI is InChI=1S/C18H20BrN5O/c1-12-15(19)3-2-4-16(12)22-17-18-21-9-13(24(18)8-6-20-17)10-23-7-5-14(25)11-23/h2-4,6,8-9,14,25H,5,7,10-11H2,1H3,(H,20,22). The molecule has 1 unspecified atom stereocenters. The van der Waals surface area contributed by atoms with Gasteiger partial charge in [0.2, 0.25) is 0 Å². The minimum Gasteiger partial charge on any atom is -0.392 e. The summed E-state index contributed by atoms with van der Waals surface area (Å²) in [7, 11) is 0. The molecule has 3 aromatic rings. The lowest BCUT2D eigenvalue weighted by molar-refractivity contribution is 0.174. The van der Waals surface area contributed by atoms with Gasteiger partial charge in [-0.05, 0) is 31.0 Å². The lowest BCUT2D eigenvalue weighted by Crippen LogP contribution is -2.22. The summed E-state index contributed by atoms with van der Waals surface area (Å²) in [6, 6.07) is 6.04. The van der Waals surface area contributed by atoms with E-state index in [2.05, 4.69) is 47.4 Å².